The summed E-state index contributed by atoms with van der Waals surface area (Å²) in [7, 11) is 3.02. The van der Waals surface area contributed by atoms with E-state index in [0.717, 1.165) is 0 Å². The number of ketones is 2. The monoisotopic (exact) mass is 360 g/mol. The van der Waals surface area contributed by atoms with E-state index in [1.807, 2.05) is 0 Å². The highest BCUT2D eigenvalue weighted by Crippen LogP contribution is 2.25. The number of carbonyl (C=O) groups is 2. The molecule has 26 heavy (non-hydrogen) atoms. The van der Waals surface area contributed by atoms with Gasteiger partial charge in [-0.25, -0.2) is 0 Å². The minimum atomic E-state index is -0.0693. The van der Waals surface area contributed by atoms with Crippen molar-refractivity contribution >= 4 is 11.6 Å². The second kappa shape index (κ2) is 10.1. The van der Waals surface area contributed by atoms with E-state index in [0.29, 0.717) is 35.5 Å². The van der Waals surface area contributed by atoms with Crippen LogP contribution < -0.4 is 9.47 Å². The summed E-state index contributed by atoms with van der Waals surface area (Å²) in [5.74, 6) is 0.910. The van der Waals surface area contributed by atoms with Crippen LogP contribution >= 0.6 is 0 Å². The Hall–Kier alpha value is -3.02. The average molecular weight is 360 g/mol. The molecule has 0 aliphatic rings. The second-order valence-electron chi connectivity index (χ2n) is 5.32. The molecule has 0 aliphatic heterocycles. The Morgan fingerprint density at radius 2 is 1.12 bits per heavy atom. The maximum atomic E-state index is 11.2. The number of ether oxygens (including phenoxy) is 2. The molecule has 140 valence electrons. The molecular weight excluding hydrogens is 336 g/mol. The summed E-state index contributed by atoms with van der Waals surface area (Å²) in [6.45, 7) is 3.51. The number of phenols is 2. The molecule has 2 rings (SSSR count). The Labute approximate surface area is 153 Å². The van der Waals surface area contributed by atoms with E-state index in [9.17, 15) is 19.8 Å². The fraction of sp³-hybridized carbons (Fsp3) is 0.300. The van der Waals surface area contributed by atoms with Crippen LogP contribution in [-0.2, 0) is 0 Å². The summed E-state index contributed by atoms with van der Waals surface area (Å²) >= 11 is 0. The molecule has 0 amide bonds. The van der Waals surface area contributed by atoms with Crippen LogP contribution in [0, 0.1) is 0 Å². The third-order valence-corrected chi connectivity index (χ3v) is 3.65. The lowest BCUT2D eigenvalue weighted by Crippen LogP contribution is -1.97. The standard InChI is InChI=1S/2C10H12O3/c2*1-3-9(11)8-5-4-7(13-2)6-10(8)12/h2*4-6,12H,3H2,1-2H3. The molecule has 0 aromatic heterocycles. The zero-order chi connectivity index (χ0) is 19.7. The van der Waals surface area contributed by atoms with Crippen molar-refractivity contribution in [2.24, 2.45) is 0 Å². The number of hydrogen-bond donors (Lipinski definition) is 2. The van der Waals surface area contributed by atoms with E-state index < -0.39 is 0 Å². The molecule has 0 heterocycles. The van der Waals surface area contributed by atoms with E-state index in [-0.39, 0.29) is 23.1 Å². The molecule has 0 unspecified atom stereocenters. The first-order valence-electron chi connectivity index (χ1n) is 8.18. The number of methoxy groups -OCH3 is 2. The molecule has 0 aliphatic carbocycles. The minimum Gasteiger partial charge on any atom is -0.507 e. The van der Waals surface area contributed by atoms with Crippen LogP contribution in [0.3, 0.4) is 0 Å². The summed E-state index contributed by atoms with van der Waals surface area (Å²) in [6.07, 6.45) is 0.778. The van der Waals surface area contributed by atoms with Crippen LogP contribution in [-0.4, -0.2) is 36.0 Å². The lowest BCUT2D eigenvalue weighted by atomic mass is 10.1. The summed E-state index contributed by atoms with van der Waals surface area (Å²) < 4.78 is 9.78. The van der Waals surface area contributed by atoms with E-state index in [1.165, 1.54) is 26.4 Å². The maximum Gasteiger partial charge on any atom is 0.166 e. The van der Waals surface area contributed by atoms with Gasteiger partial charge in [-0.15, -0.1) is 0 Å². The molecule has 0 saturated carbocycles. The number of hydrogen-bond acceptors (Lipinski definition) is 6. The highest BCUT2D eigenvalue weighted by atomic mass is 16.5. The first-order chi connectivity index (χ1) is 12.4. The quantitative estimate of drug-likeness (QED) is 0.757. The van der Waals surface area contributed by atoms with Crippen LogP contribution in [0.2, 0.25) is 0 Å². The van der Waals surface area contributed by atoms with Crippen LogP contribution in [0.1, 0.15) is 47.4 Å². The lowest BCUT2D eigenvalue weighted by molar-refractivity contribution is 0.0977. The van der Waals surface area contributed by atoms with Crippen molar-refractivity contribution in [3.05, 3.63) is 47.5 Å². The molecule has 2 aromatic rings. The SMILES string of the molecule is CCC(=O)c1ccc(OC)cc1O.CCC(=O)c1ccc(OC)cc1O. The molecule has 0 saturated heterocycles. The minimum absolute atomic E-state index is 0.0220. The molecule has 0 radical (unpaired) electrons. The van der Waals surface area contributed by atoms with Crippen molar-refractivity contribution in [2.75, 3.05) is 14.2 Å². The van der Waals surface area contributed by atoms with Gasteiger partial charge in [0.05, 0.1) is 25.3 Å². The highest BCUT2D eigenvalue weighted by molar-refractivity contribution is 5.99. The first kappa shape index (κ1) is 21.0. The van der Waals surface area contributed by atoms with Crippen molar-refractivity contribution in [2.45, 2.75) is 26.7 Å². The van der Waals surface area contributed by atoms with Crippen molar-refractivity contribution in [3.63, 3.8) is 0 Å². The van der Waals surface area contributed by atoms with Gasteiger partial charge in [-0.1, -0.05) is 13.8 Å². The Balaban J connectivity index is 0.000000260. The van der Waals surface area contributed by atoms with Crippen LogP contribution in [0.4, 0.5) is 0 Å². The number of phenolic OH excluding ortho intramolecular Hbond substituents is 2. The van der Waals surface area contributed by atoms with Gasteiger partial charge in [0.15, 0.2) is 11.6 Å². The molecule has 2 aromatic carbocycles. The van der Waals surface area contributed by atoms with Gasteiger partial charge in [-0.05, 0) is 24.3 Å². The molecule has 0 bridgehead atoms. The van der Waals surface area contributed by atoms with E-state index in [2.05, 4.69) is 0 Å². The summed E-state index contributed by atoms with van der Waals surface area (Å²) in [5.41, 5.74) is 0.701. The van der Waals surface area contributed by atoms with E-state index in [1.54, 1.807) is 38.1 Å². The predicted molar refractivity (Wildman–Crippen MR) is 98.6 cm³/mol. The predicted octanol–water partition coefficient (Wildman–Crippen LogP) is 3.99. The summed E-state index contributed by atoms with van der Waals surface area (Å²) in [5, 5.41) is 18.8. The van der Waals surface area contributed by atoms with Gasteiger partial charge < -0.3 is 19.7 Å². The van der Waals surface area contributed by atoms with Gasteiger partial charge in [0.2, 0.25) is 0 Å². The van der Waals surface area contributed by atoms with Gasteiger partial charge in [-0.3, -0.25) is 9.59 Å². The normalized spacial score (nSPS) is 9.69. The zero-order valence-corrected chi connectivity index (χ0v) is 15.4. The fourth-order valence-electron chi connectivity index (χ4n) is 2.13. The summed E-state index contributed by atoms with van der Waals surface area (Å²) in [6, 6.07) is 9.32. The zero-order valence-electron chi connectivity index (χ0n) is 15.4. The number of Topliss-reactive ketones (excluding diaryl/α,β-unsaturated/α-hetero) is 2. The van der Waals surface area contributed by atoms with Gasteiger partial charge in [0.1, 0.15) is 23.0 Å². The molecule has 2 N–H and O–H groups in total. The molecule has 6 heteroatoms. The van der Waals surface area contributed by atoms with E-state index in [4.69, 9.17) is 9.47 Å². The third kappa shape index (κ3) is 5.51. The number of aromatic hydroxyl groups is 2. The van der Waals surface area contributed by atoms with Crippen molar-refractivity contribution in [1.29, 1.82) is 0 Å². The maximum absolute atomic E-state index is 11.2. The van der Waals surface area contributed by atoms with Crippen LogP contribution in [0.5, 0.6) is 23.0 Å². The fourth-order valence-corrected chi connectivity index (χ4v) is 2.13. The van der Waals surface area contributed by atoms with Gasteiger partial charge >= 0.3 is 0 Å². The molecule has 6 nitrogen and oxygen atoms in total. The Bertz CT molecular complexity index is 701. The molecular formula is C20H24O6. The van der Waals surface area contributed by atoms with Crippen LogP contribution in [0.25, 0.3) is 0 Å². The molecule has 0 spiro atoms. The van der Waals surface area contributed by atoms with E-state index >= 15 is 0 Å². The Morgan fingerprint density at radius 3 is 1.35 bits per heavy atom. The van der Waals surface area contributed by atoms with Crippen LogP contribution in [0.15, 0.2) is 36.4 Å². The smallest absolute Gasteiger partial charge is 0.166 e. The topological polar surface area (TPSA) is 93.1 Å². The highest BCUT2D eigenvalue weighted by Gasteiger charge is 2.10. The number of rotatable bonds is 6. The van der Waals surface area contributed by atoms with Gasteiger partial charge in [0.25, 0.3) is 0 Å². The first-order valence-corrected chi connectivity index (χ1v) is 8.18. The van der Waals surface area contributed by atoms with Gasteiger partial charge in [-0.2, -0.15) is 0 Å². The second-order valence-corrected chi connectivity index (χ2v) is 5.32. The molecule has 0 atom stereocenters. The molecule has 0 fully saturated rings. The average Bonchev–Trinajstić information content (AvgIpc) is 2.66. The largest absolute Gasteiger partial charge is 0.507 e. The number of benzene rings is 2. The summed E-state index contributed by atoms with van der Waals surface area (Å²) in [4.78, 5) is 22.5. The van der Waals surface area contributed by atoms with Crippen molar-refractivity contribution in [1.82, 2.24) is 0 Å². The number of carbonyl (C=O) groups excluding carboxylic acids is 2. The Morgan fingerprint density at radius 1 is 0.769 bits per heavy atom. The Kier molecular flexibility index (Phi) is 8.15. The third-order valence-electron chi connectivity index (χ3n) is 3.65. The van der Waals surface area contributed by atoms with Crippen molar-refractivity contribution in [3.8, 4) is 23.0 Å². The lowest BCUT2D eigenvalue weighted by Gasteiger charge is -2.04. The van der Waals surface area contributed by atoms with Gasteiger partial charge in [0, 0.05) is 25.0 Å². The van der Waals surface area contributed by atoms with Crippen molar-refractivity contribution < 1.29 is 29.3 Å².